The van der Waals surface area contributed by atoms with Crippen molar-refractivity contribution in [2.24, 2.45) is 0 Å². The number of hydrogen-bond donors (Lipinski definition) is 0. The summed E-state index contributed by atoms with van der Waals surface area (Å²) in [4.78, 5) is 11.1. The van der Waals surface area contributed by atoms with Gasteiger partial charge in [0.15, 0.2) is 11.9 Å². The highest BCUT2D eigenvalue weighted by Gasteiger charge is 2.10. The van der Waals surface area contributed by atoms with Gasteiger partial charge in [0.2, 0.25) is 0 Å². The van der Waals surface area contributed by atoms with Gasteiger partial charge in [-0.1, -0.05) is 24.2 Å². The highest BCUT2D eigenvalue weighted by Crippen LogP contribution is 2.18. The van der Waals surface area contributed by atoms with Crippen molar-refractivity contribution in [3.05, 3.63) is 41.9 Å². The maximum absolute atomic E-state index is 11.1. The van der Waals surface area contributed by atoms with Crippen LogP contribution in [0.4, 0.5) is 0 Å². The van der Waals surface area contributed by atoms with Crippen LogP contribution >= 0.6 is 11.6 Å². The standard InChI is InChI=1S/C11H11ClO2/c1-3-11(13)8(2)14-10-6-4-5-9(12)7-10/h3-8H,1H2,2H3. The monoisotopic (exact) mass is 210 g/mol. The van der Waals surface area contributed by atoms with E-state index in [-0.39, 0.29) is 5.78 Å². The molecule has 74 valence electrons. The summed E-state index contributed by atoms with van der Waals surface area (Å²) in [5, 5.41) is 0.584. The molecule has 0 aliphatic rings. The number of carbonyl (C=O) groups is 1. The van der Waals surface area contributed by atoms with Gasteiger partial charge in [-0.3, -0.25) is 4.79 Å². The molecule has 1 unspecified atom stereocenters. The topological polar surface area (TPSA) is 26.3 Å². The Morgan fingerprint density at radius 3 is 2.93 bits per heavy atom. The number of ether oxygens (including phenoxy) is 1. The van der Waals surface area contributed by atoms with Gasteiger partial charge < -0.3 is 4.74 Å². The second kappa shape index (κ2) is 4.82. The zero-order valence-electron chi connectivity index (χ0n) is 7.87. The fourth-order valence-electron chi connectivity index (χ4n) is 0.968. The van der Waals surface area contributed by atoms with Gasteiger partial charge >= 0.3 is 0 Å². The highest BCUT2D eigenvalue weighted by atomic mass is 35.5. The predicted octanol–water partition coefficient (Wildman–Crippen LogP) is 2.86. The van der Waals surface area contributed by atoms with Crippen LogP contribution in [0.3, 0.4) is 0 Å². The van der Waals surface area contributed by atoms with E-state index in [1.807, 2.05) is 0 Å². The van der Waals surface area contributed by atoms with E-state index in [2.05, 4.69) is 6.58 Å². The molecule has 1 rings (SSSR count). The number of benzene rings is 1. The number of ketones is 1. The quantitative estimate of drug-likeness (QED) is 0.715. The molecule has 0 aliphatic heterocycles. The molecule has 0 amide bonds. The second-order valence-electron chi connectivity index (χ2n) is 2.82. The molecule has 0 radical (unpaired) electrons. The predicted molar refractivity (Wildman–Crippen MR) is 56.7 cm³/mol. The Morgan fingerprint density at radius 2 is 2.36 bits per heavy atom. The molecule has 1 aromatic rings. The van der Waals surface area contributed by atoms with E-state index in [9.17, 15) is 4.79 Å². The number of rotatable bonds is 4. The average molecular weight is 211 g/mol. The first-order chi connectivity index (χ1) is 6.63. The third kappa shape index (κ3) is 2.89. The Labute approximate surface area is 88.1 Å². The molecule has 0 aliphatic carbocycles. The summed E-state index contributed by atoms with van der Waals surface area (Å²) in [6.45, 7) is 5.06. The second-order valence-corrected chi connectivity index (χ2v) is 3.26. The van der Waals surface area contributed by atoms with Gasteiger partial charge in [-0.2, -0.15) is 0 Å². The first-order valence-electron chi connectivity index (χ1n) is 4.22. The van der Waals surface area contributed by atoms with Gasteiger partial charge in [-0.15, -0.1) is 0 Å². The van der Waals surface area contributed by atoms with Crippen LogP contribution < -0.4 is 4.74 Å². The molecular formula is C11H11ClO2. The van der Waals surface area contributed by atoms with Crippen molar-refractivity contribution in [2.45, 2.75) is 13.0 Å². The van der Waals surface area contributed by atoms with Crippen molar-refractivity contribution in [3.8, 4) is 5.75 Å². The molecule has 0 N–H and O–H groups in total. The molecule has 0 fully saturated rings. The van der Waals surface area contributed by atoms with Crippen LogP contribution in [0.5, 0.6) is 5.75 Å². The lowest BCUT2D eigenvalue weighted by atomic mass is 10.2. The Kier molecular flexibility index (Phi) is 3.72. The number of hydrogen-bond acceptors (Lipinski definition) is 2. The molecule has 0 heterocycles. The van der Waals surface area contributed by atoms with E-state index in [1.54, 1.807) is 31.2 Å². The molecule has 0 aromatic heterocycles. The molecular weight excluding hydrogens is 200 g/mol. The van der Waals surface area contributed by atoms with Crippen molar-refractivity contribution in [1.29, 1.82) is 0 Å². The molecule has 2 nitrogen and oxygen atoms in total. The zero-order valence-corrected chi connectivity index (χ0v) is 8.62. The van der Waals surface area contributed by atoms with Gasteiger partial charge in [0.25, 0.3) is 0 Å². The normalized spacial score (nSPS) is 11.9. The molecule has 0 saturated heterocycles. The molecule has 0 spiro atoms. The van der Waals surface area contributed by atoms with Crippen LogP contribution in [0.25, 0.3) is 0 Å². The third-order valence-electron chi connectivity index (χ3n) is 1.71. The summed E-state index contributed by atoms with van der Waals surface area (Å²) in [5.41, 5.74) is 0. The summed E-state index contributed by atoms with van der Waals surface area (Å²) in [6.07, 6.45) is 0.723. The number of halogens is 1. The molecule has 3 heteroatoms. The molecule has 0 saturated carbocycles. The van der Waals surface area contributed by atoms with Crippen molar-refractivity contribution in [2.75, 3.05) is 0 Å². The minimum absolute atomic E-state index is 0.148. The van der Waals surface area contributed by atoms with Crippen LogP contribution in [0.15, 0.2) is 36.9 Å². The summed E-state index contributed by atoms with van der Waals surface area (Å²) >= 11 is 5.76. The van der Waals surface area contributed by atoms with Crippen LogP contribution in [-0.4, -0.2) is 11.9 Å². The lowest BCUT2D eigenvalue weighted by Gasteiger charge is -2.11. The van der Waals surface area contributed by atoms with Gasteiger partial charge in [0.1, 0.15) is 5.75 Å². The summed E-state index contributed by atoms with van der Waals surface area (Å²) in [7, 11) is 0. The Hall–Kier alpha value is -1.28. The minimum Gasteiger partial charge on any atom is -0.483 e. The maximum Gasteiger partial charge on any atom is 0.195 e. The fraction of sp³-hybridized carbons (Fsp3) is 0.182. The van der Waals surface area contributed by atoms with Crippen molar-refractivity contribution in [1.82, 2.24) is 0 Å². The first kappa shape index (κ1) is 10.8. The van der Waals surface area contributed by atoms with E-state index < -0.39 is 6.10 Å². The van der Waals surface area contributed by atoms with Gasteiger partial charge in [-0.05, 0) is 31.2 Å². The first-order valence-corrected chi connectivity index (χ1v) is 4.60. The molecule has 0 bridgehead atoms. The van der Waals surface area contributed by atoms with E-state index in [0.29, 0.717) is 10.8 Å². The van der Waals surface area contributed by atoms with Gasteiger partial charge in [-0.25, -0.2) is 0 Å². The average Bonchev–Trinajstić information content (AvgIpc) is 2.16. The Morgan fingerprint density at radius 1 is 1.64 bits per heavy atom. The lowest BCUT2D eigenvalue weighted by Crippen LogP contribution is -2.21. The van der Waals surface area contributed by atoms with Crippen molar-refractivity contribution in [3.63, 3.8) is 0 Å². The van der Waals surface area contributed by atoms with Gasteiger partial charge in [0.05, 0.1) is 0 Å². The summed E-state index contributed by atoms with van der Waals surface area (Å²) in [6, 6.07) is 6.92. The highest BCUT2D eigenvalue weighted by molar-refractivity contribution is 6.30. The Bertz CT molecular complexity index is 347. The molecule has 1 atom stereocenters. The zero-order chi connectivity index (χ0) is 10.6. The van der Waals surface area contributed by atoms with E-state index in [1.165, 1.54) is 6.08 Å². The van der Waals surface area contributed by atoms with Gasteiger partial charge in [0, 0.05) is 5.02 Å². The smallest absolute Gasteiger partial charge is 0.195 e. The van der Waals surface area contributed by atoms with Crippen LogP contribution in [0, 0.1) is 0 Å². The minimum atomic E-state index is -0.522. The largest absolute Gasteiger partial charge is 0.483 e. The fourth-order valence-corrected chi connectivity index (χ4v) is 1.15. The van der Waals surface area contributed by atoms with Crippen LogP contribution in [0.2, 0.25) is 5.02 Å². The molecule has 1 aromatic carbocycles. The van der Waals surface area contributed by atoms with E-state index in [4.69, 9.17) is 16.3 Å². The van der Waals surface area contributed by atoms with Crippen LogP contribution in [-0.2, 0) is 4.79 Å². The Balaban J connectivity index is 2.69. The SMILES string of the molecule is C=CC(=O)C(C)Oc1cccc(Cl)c1. The van der Waals surface area contributed by atoms with Crippen molar-refractivity contribution >= 4 is 17.4 Å². The van der Waals surface area contributed by atoms with E-state index >= 15 is 0 Å². The lowest BCUT2D eigenvalue weighted by molar-refractivity contribution is -0.120. The van der Waals surface area contributed by atoms with E-state index in [0.717, 1.165) is 0 Å². The molecule has 14 heavy (non-hydrogen) atoms. The third-order valence-corrected chi connectivity index (χ3v) is 1.95. The maximum atomic E-state index is 11.1. The number of carbonyl (C=O) groups excluding carboxylic acids is 1. The van der Waals surface area contributed by atoms with Crippen molar-refractivity contribution < 1.29 is 9.53 Å². The summed E-state index contributed by atoms with van der Waals surface area (Å²) < 4.78 is 5.34. The summed E-state index contributed by atoms with van der Waals surface area (Å²) in [5.74, 6) is 0.435. The van der Waals surface area contributed by atoms with Crippen LogP contribution in [0.1, 0.15) is 6.92 Å².